The van der Waals surface area contributed by atoms with Gasteiger partial charge in [0.05, 0.1) is 4.92 Å². The van der Waals surface area contributed by atoms with E-state index in [1.807, 2.05) is 0 Å². The summed E-state index contributed by atoms with van der Waals surface area (Å²) in [7, 11) is -4.07. The Morgan fingerprint density at radius 1 is 1.32 bits per heavy atom. The lowest BCUT2D eigenvalue weighted by Crippen LogP contribution is -2.43. The zero-order chi connectivity index (χ0) is 15.9. The molecule has 1 aromatic carbocycles. The molecule has 22 heavy (non-hydrogen) atoms. The van der Waals surface area contributed by atoms with Crippen LogP contribution in [-0.2, 0) is 10.0 Å². The average Bonchev–Trinajstić information content (AvgIpc) is 2.93. The zero-order valence-corrected chi connectivity index (χ0v) is 12.6. The van der Waals surface area contributed by atoms with Crippen LogP contribution in [0.3, 0.4) is 0 Å². The van der Waals surface area contributed by atoms with Crippen LogP contribution in [0.4, 0.5) is 10.1 Å². The van der Waals surface area contributed by atoms with Crippen molar-refractivity contribution >= 4 is 15.7 Å². The minimum absolute atomic E-state index is 0.205. The third-order valence-corrected chi connectivity index (χ3v) is 6.31. The average molecular weight is 329 g/mol. The lowest BCUT2D eigenvalue weighted by Gasteiger charge is -2.33. The molecule has 120 valence electrons. The summed E-state index contributed by atoms with van der Waals surface area (Å²) in [6.45, 7) is 2.23. The summed E-state index contributed by atoms with van der Waals surface area (Å²) in [6, 6.07) is 3.17. The topological polar surface area (TPSA) is 92.5 Å². The van der Waals surface area contributed by atoms with Gasteiger partial charge in [0.2, 0.25) is 15.8 Å². The quantitative estimate of drug-likeness (QED) is 0.659. The zero-order valence-electron chi connectivity index (χ0n) is 11.7. The molecular formula is C13H16FN3O4S. The van der Waals surface area contributed by atoms with Gasteiger partial charge in [0, 0.05) is 13.1 Å². The highest BCUT2D eigenvalue weighted by atomic mass is 32.2. The third-order valence-electron chi connectivity index (χ3n) is 4.42. The number of nitro groups is 1. The van der Waals surface area contributed by atoms with Gasteiger partial charge in [0.1, 0.15) is 0 Å². The normalized spacial score (nSPS) is 25.9. The fourth-order valence-corrected chi connectivity index (χ4v) is 4.92. The van der Waals surface area contributed by atoms with Gasteiger partial charge in [-0.2, -0.15) is 8.70 Å². The molecule has 0 spiro atoms. The Labute approximate surface area is 127 Å². The van der Waals surface area contributed by atoms with E-state index in [0.29, 0.717) is 25.4 Å². The molecule has 0 amide bonds. The van der Waals surface area contributed by atoms with E-state index in [-0.39, 0.29) is 5.92 Å². The number of hydrogen-bond acceptors (Lipinski definition) is 5. The number of rotatable bonds is 3. The molecule has 0 bridgehead atoms. The number of halogens is 1. The standard InChI is InChI=1S/C13H16FN3O4S/c14-11-2-1-3-12(13(11)17(18)19)22(20,21)16-5-4-9-6-15-7-10(9)8-16/h1-3,9-10,15H,4-8H2. The molecule has 2 atom stereocenters. The van der Waals surface area contributed by atoms with Gasteiger partial charge >= 0.3 is 5.69 Å². The van der Waals surface area contributed by atoms with Gasteiger partial charge in [-0.05, 0) is 43.5 Å². The smallest absolute Gasteiger partial charge is 0.316 e. The van der Waals surface area contributed by atoms with Gasteiger partial charge < -0.3 is 5.32 Å². The van der Waals surface area contributed by atoms with E-state index in [9.17, 15) is 22.9 Å². The Kier molecular flexibility index (Phi) is 3.87. The Bertz CT molecular complexity index is 709. The van der Waals surface area contributed by atoms with E-state index in [4.69, 9.17) is 0 Å². The molecule has 2 aliphatic heterocycles. The number of hydrogen-bond donors (Lipinski definition) is 1. The van der Waals surface area contributed by atoms with Gasteiger partial charge in [-0.3, -0.25) is 10.1 Å². The number of benzene rings is 1. The second kappa shape index (κ2) is 5.56. The first-order valence-corrected chi connectivity index (χ1v) is 8.49. The Morgan fingerprint density at radius 2 is 2.05 bits per heavy atom. The van der Waals surface area contributed by atoms with E-state index >= 15 is 0 Å². The summed E-state index contributed by atoms with van der Waals surface area (Å²) in [4.78, 5) is 9.48. The van der Waals surface area contributed by atoms with Crippen molar-refractivity contribution in [2.45, 2.75) is 11.3 Å². The number of nitro benzene ring substituents is 1. The van der Waals surface area contributed by atoms with Crippen molar-refractivity contribution in [3.05, 3.63) is 34.1 Å². The van der Waals surface area contributed by atoms with Gasteiger partial charge in [-0.25, -0.2) is 8.42 Å². The summed E-state index contributed by atoms with van der Waals surface area (Å²) >= 11 is 0. The number of sulfonamides is 1. The molecule has 1 N–H and O–H groups in total. The van der Waals surface area contributed by atoms with Gasteiger partial charge in [0.25, 0.3) is 0 Å². The minimum Gasteiger partial charge on any atom is -0.316 e. The molecule has 2 fully saturated rings. The number of para-hydroxylation sites is 1. The van der Waals surface area contributed by atoms with Crippen LogP contribution in [0, 0.1) is 27.8 Å². The molecule has 0 aromatic heterocycles. The van der Waals surface area contributed by atoms with Crippen LogP contribution in [0.1, 0.15) is 6.42 Å². The van der Waals surface area contributed by atoms with Crippen LogP contribution >= 0.6 is 0 Å². The highest BCUT2D eigenvalue weighted by Gasteiger charge is 2.40. The van der Waals surface area contributed by atoms with Crippen LogP contribution in [0.5, 0.6) is 0 Å². The number of fused-ring (bicyclic) bond motifs is 1. The van der Waals surface area contributed by atoms with Crippen LogP contribution in [-0.4, -0.2) is 43.8 Å². The largest absolute Gasteiger partial charge is 0.324 e. The predicted octanol–water partition coefficient (Wildman–Crippen LogP) is 0.964. The predicted molar refractivity (Wildman–Crippen MR) is 76.3 cm³/mol. The monoisotopic (exact) mass is 329 g/mol. The lowest BCUT2D eigenvalue weighted by atomic mass is 9.90. The second-order valence-corrected chi connectivity index (χ2v) is 7.58. The molecule has 2 heterocycles. The Hall–Kier alpha value is -1.58. The summed E-state index contributed by atoms with van der Waals surface area (Å²) in [5.41, 5.74) is -0.978. The van der Waals surface area contributed by atoms with Crippen LogP contribution in [0.25, 0.3) is 0 Å². The molecule has 9 heteroatoms. The summed E-state index contributed by atoms with van der Waals surface area (Å²) < 4.78 is 40.3. The maximum Gasteiger partial charge on any atom is 0.324 e. The summed E-state index contributed by atoms with van der Waals surface area (Å²) in [5.74, 6) is -0.492. The first-order chi connectivity index (χ1) is 10.4. The van der Waals surface area contributed by atoms with Crippen molar-refractivity contribution in [1.82, 2.24) is 9.62 Å². The van der Waals surface area contributed by atoms with E-state index in [2.05, 4.69) is 5.32 Å². The van der Waals surface area contributed by atoms with Crippen molar-refractivity contribution in [3.63, 3.8) is 0 Å². The molecule has 2 aliphatic rings. The van der Waals surface area contributed by atoms with E-state index in [1.54, 1.807) is 0 Å². The number of nitrogens with one attached hydrogen (secondary N) is 1. The maximum atomic E-state index is 13.7. The molecule has 2 saturated heterocycles. The van der Waals surface area contributed by atoms with Crippen molar-refractivity contribution in [3.8, 4) is 0 Å². The molecule has 3 rings (SSSR count). The molecule has 0 aliphatic carbocycles. The summed E-state index contributed by atoms with van der Waals surface area (Å²) in [6.07, 6.45) is 0.708. The molecule has 2 unspecified atom stereocenters. The van der Waals surface area contributed by atoms with Crippen molar-refractivity contribution in [1.29, 1.82) is 0 Å². The lowest BCUT2D eigenvalue weighted by molar-refractivity contribution is -0.390. The van der Waals surface area contributed by atoms with E-state index < -0.39 is 31.3 Å². The highest BCUT2D eigenvalue weighted by Crippen LogP contribution is 2.33. The molecular weight excluding hydrogens is 313 g/mol. The maximum absolute atomic E-state index is 13.7. The van der Waals surface area contributed by atoms with Gasteiger partial charge in [0.15, 0.2) is 4.90 Å². The Balaban J connectivity index is 1.97. The second-order valence-electron chi connectivity index (χ2n) is 5.67. The van der Waals surface area contributed by atoms with Gasteiger partial charge in [-0.1, -0.05) is 6.07 Å². The van der Waals surface area contributed by atoms with Crippen molar-refractivity contribution in [2.24, 2.45) is 11.8 Å². The highest BCUT2D eigenvalue weighted by molar-refractivity contribution is 7.89. The Morgan fingerprint density at radius 3 is 2.77 bits per heavy atom. The fraction of sp³-hybridized carbons (Fsp3) is 0.538. The molecule has 7 nitrogen and oxygen atoms in total. The SMILES string of the molecule is O=[N+]([O-])c1c(F)cccc1S(=O)(=O)N1CCC2CNCC2C1. The minimum atomic E-state index is -4.07. The van der Waals surface area contributed by atoms with Crippen LogP contribution in [0.2, 0.25) is 0 Å². The fourth-order valence-electron chi connectivity index (χ4n) is 3.24. The van der Waals surface area contributed by atoms with Crippen LogP contribution in [0.15, 0.2) is 23.1 Å². The first kappa shape index (κ1) is 15.3. The first-order valence-electron chi connectivity index (χ1n) is 7.05. The van der Waals surface area contributed by atoms with E-state index in [0.717, 1.165) is 25.2 Å². The molecule has 0 radical (unpaired) electrons. The van der Waals surface area contributed by atoms with Crippen molar-refractivity contribution < 1.29 is 17.7 Å². The third kappa shape index (κ3) is 2.49. The number of piperidine rings is 1. The molecule has 1 aromatic rings. The van der Waals surface area contributed by atoms with Crippen LogP contribution < -0.4 is 5.32 Å². The number of nitrogens with zero attached hydrogens (tertiary/aromatic N) is 2. The van der Waals surface area contributed by atoms with Crippen molar-refractivity contribution in [2.75, 3.05) is 26.2 Å². The van der Waals surface area contributed by atoms with Gasteiger partial charge in [-0.15, -0.1) is 0 Å². The molecule has 0 saturated carbocycles. The van der Waals surface area contributed by atoms with E-state index in [1.165, 1.54) is 10.4 Å². The summed E-state index contributed by atoms with van der Waals surface area (Å²) in [5, 5.41) is 14.3.